The largest absolute Gasteiger partial charge is 0.497 e. The molecule has 0 aliphatic carbocycles. The second-order valence-corrected chi connectivity index (χ2v) is 23.5. The minimum absolute atomic E-state index is 0.170. The highest BCUT2D eigenvalue weighted by Crippen LogP contribution is 2.33. The SMILES string of the molecule is COc1ccc2c(C)cn(C)c2c1.COc1ccc2c(c1)c(C)cn2C.Cc1cn(C)c2cc(C(F)(F)F)ccc12.Cc1cn(C)c2ccc(C#N)cc12.Cc1cn(C)c2ccc(Cl)cc12.Cc1cn(C)c2ccc(F)cc12.Cc1csc2ccccc12. The van der Waals surface area contributed by atoms with E-state index in [1.54, 1.807) is 38.0 Å². The summed E-state index contributed by atoms with van der Waals surface area (Å²) < 4.78 is 74.0. The van der Waals surface area contributed by atoms with E-state index in [9.17, 15) is 17.6 Å². The van der Waals surface area contributed by atoms with Crippen LogP contribution in [0, 0.1) is 65.6 Å². The number of aromatic nitrogens is 6. The van der Waals surface area contributed by atoms with Crippen molar-refractivity contribution in [3.05, 3.63) is 237 Å². The van der Waals surface area contributed by atoms with Crippen LogP contribution in [-0.2, 0) is 48.5 Å². The smallest absolute Gasteiger partial charge is 0.416 e. The molecule has 0 bridgehead atoms. The molecule has 0 saturated carbocycles. The number of nitrogens with zero attached hydrogens (tertiary/aromatic N) is 7. The van der Waals surface area contributed by atoms with Gasteiger partial charge in [0.2, 0.25) is 0 Å². The monoisotopic (exact) mass is 1220 g/mol. The average Bonchev–Trinajstić information content (AvgIpc) is 4.57. The minimum Gasteiger partial charge on any atom is -0.497 e. The lowest BCUT2D eigenvalue weighted by Crippen LogP contribution is -2.04. The Labute approximate surface area is 521 Å². The number of hydrogen-bond donors (Lipinski definition) is 0. The zero-order valence-electron chi connectivity index (χ0n) is 52.5. The van der Waals surface area contributed by atoms with Crippen LogP contribution in [0.15, 0.2) is 176 Å². The van der Waals surface area contributed by atoms with Gasteiger partial charge in [0.1, 0.15) is 17.3 Å². The summed E-state index contributed by atoms with van der Waals surface area (Å²) in [6.45, 7) is 14.4. The maximum atomic E-state index is 12.8. The summed E-state index contributed by atoms with van der Waals surface area (Å²) >= 11 is 7.70. The van der Waals surface area contributed by atoms with E-state index in [-0.39, 0.29) is 5.82 Å². The molecule has 88 heavy (non-hydrogen) atoms. The Balaban J connectivity index is 0.000000133. The molecule has 0 aliphatic rings. The van der Waals surface area contributed by atoms with Gasteiger partial charge in [-0.15, -0.1) is 11.3 Å². The first kappa shape index (κ1) is 64.8. The zero-order valence-corrected chi connectivity index (χ0v) is 54.1. The van der Waals surface area contributed by atoms with Crippen LogP contribution >= 0.6 is 22.9 Å². The van der Waals surface area contributed by atoms with Gasteiger partial charge in [0.05, 0.1) is 36.9 Å². The van der Waals surface area contributed by atoms with E-state index >= 15 is 0 Å². The second kappa shape index (κ2) is 27.7. The third-order valence-corrected chi connectivity index (χ3v) is 16.9. The Morgan fingerprint density at radius 3 is 1.34 bits per heavy atom. The molecule has 0 spiro atoms. The van der Waals surface area contributed by atoms with E-state index in [1.165, 1.54) is 99.7 Å². The summed E-state index contributed by atoms with van der Waals surface area (Å²) in [5.74, 6) is 1.66. The molecule has 7 aromatic carbocycles. The van der Waals surface area contributed by atoms with Gasteiger partial charge in [0.15, 0.2) is 0 Å². The van der Waals surface area contributed by atoms with Crippen LogP contribution in [0.5, 0.6) is 11.5 Å². The summed E-state index contributed by atoms with van der Waals surface area (Å²) in [7, 11) is 15.3. The van der Waals surface area contributed by atoms with Crippen LogP contribution < -0.4 is 9.47 Å². The van der Waals surface area contributed by atoms with Crippen molar-refractivity contribution in [2.75, 3.05) is 14.2 Å². The van der Waals surface area contributed by atoms with Crippen molar-refractivity contribution in [2.45, 2.75) is 54.6 Å². The molecule has 14 rings (SSSR count). The standard InChI is InChI=1S/C11H10F3N.C11H10N2.2C11H13NO.C10H10ClN.C10H10FN.C9H8S/c1-7-6-15(2)10-5-8(11(12,13)14)3-4-9(7)10;1-8-7-13(2)11-4-3-9(6-12)5-10(8)11;1-8-7-12(2)11-5-4-9(13-3)6-10(8)11;1-8-7-12(2)11-6-9(13-3)4-5-10(8)11;2*1-7-6-12(2)10-4-3-8(11)5-9(7)10;1-7-6-10-9-5-3-2-4-8(7)9/h3-6H,1-2H3;3-5,7H,1-2H3;2*4-7H,1-3H3;2*3-6H,1-2H3;2-6H,1H3. The lowest BCUT2D eigenvalue weighted by molar-refractivity contribution is -0.137. The van der Waals surface area contributed by atoms with Gasteiger partial charge in [-0.2, -0.15) is 18.4 Å². The van der Waals surface area contributed by atoms with E-state index < -0.39 is 11.7 Å². The van der Waals surface area contributed by atoms with E-state index in [0.29, 0.717) is 5.52 Å². The molecule has 0 radical (unpaired) electrons. The topological polar surface area (TPSA) is 71.8 Å². The number of nitriles is 1. The summed E-state index contributed by atoms with van der Waals surface area (Å²) in [6.07, 6.45) is 8.00. The van der Waals surface area contributed by atoms with Gasteiger partial charge >= 0.3 is 6.18 Å². The predicted molar refractivity (Wildman–Crippen MR) is 360 cm³/mol. The first-order chi connectivity index (χ1) is 41.8. The van der Waals surface area contributed by atoms with Crippen molar-refractivity contribution in [1.29, 1.82) is 5.26 Å². The number of aryl methyl sites for hydroxylation is 13. The third-order valence-electron chi connectivity index (χ3n) is 15.6. The fourth-order valence-electron chi connectivity index (χ4n) is 11.0. The molecular formula is C73H74ClF4N7O2S. The molecule has 9 nitrogen and oxygen atoms in total. The quantitative estimate of drug-likeness (QED) is 0.162. The number of fused-ring (bicyclic) bond motifs is 7. The minimum atomic E-state index is -4.27. The highest BCUT2D eigenvalue weighted by atomic mass is 35.5. The third kappa shape index (κ3) is 14.8. The van der Waals surface area contributed by atoms with Crippen LogP contribution in [0.1, 0.15) is 50.1 Å². The van der Waals surface area contributed by atoms with Crippen LogP contribution in [0.4, 0.5) is 17.6 Å². The lowest BCUT2D eigenvalue weighted by Gasteiger charge is -2.06. The summed E-state index contributed by atoms with van der Waals surface area (Å²) in [4.78, 5) is 0. The van der Waals surface area contributed by atoms with Crippen LogP contribution in [0.25, 0.3) is 75.5 Å². The Kier molecular flexibility index (Phi) is 20.4. The van der Waals surface area contributed by atoms with Gasteiger partial charge in [-0.1, -0.05) is 35.9 Å². The van der Waals surface area contributed by atoms with Crippen molar-refractivity contribution in [3.8, 4) is 17.6 Å². The molecule has 7 aromatic heterocycles. The molecular weight excluding hydrogens is 1150 g/mol. The molecule has 0 fully saturated rings. The first-order valence-electron chi connectivity index (χ1n) is 28.4. The van der Waals surface area contributed by atoms with Crippen molar-refractivity contribution in [2.24, 2.45) is 42.3 Å². The van der Waals surface area contributed by atoms with Crippen molar-refractivity contribution in [1.82, 2.24) is 27.4 Å². The van der Waals surface area contributed by atoms with E-state index in [2.05, 4.69) is 152 Å². The van der Waals surface area contributed by atoms with E-state index in [1.807, 2.05) is 112 Å². The molecule has 0 atom stereocenters. The number of alkyl halides is 3. The molecule has 0 amide bonds. The zero-order chi connectivity index (χ0) is 63.9. The maximum absolute atomic E-state index is 12.8. The normalized spacial score (nSPS) is 10.9. The molecule has 0 saturated heterocycles. The number of rotatable bonds is 2. The molecule has 7 heterocycles. The Morgan fingerprint density at radius 2 is 0.830 bits per heavy atom. The van der Waals surface area contributed by atoms with E-state index in [0.717, 1.165) is 55.6 Å². The predicted octanol–water partition coefficient (Wildman–Crippen LogP) is 19.8. The molecule has 0 unspecified atom stereocenters. The first-order valence-corrected chi connectivity index (χ1v) is 29.7. The number of methoxy groups -OCH3 is 2. The van der Waals surface area contributed by atoms with Crippen LogP contribution in [0.3, 0.4) is 0 Å². The van der Waals surface area contributed by atoms with Gasteiger partial charge in [-0.25, -0.2) is 4.39 Å². The Morgan fingerprint density at radius 1 is 0.420 bits per heavy atom. The van der Waals surface area contributed by atoms with Crippen LogP contribution in [-0.4, -0.2) is 41.6 Å². The molecule has 14 aromatic rings. The van der Waals surface area contributed by atoms with Crippen LogP contribution in [0.2, 0.25) is 5.02 Å². The number of halogens is 5. The fourth-order valence-corrected chi connectivity index (χ4v) is 12.2. The van der Waals surface area contributed by atoms with Gasteiger partial charge in [0, 0.05) is 155 Å². The number of benzene rings is 7. The highest BCUT2D eigenvalue weighted by molar-refractivity contribution is 7.17. The summed E-state index contributed by atoms with van der Waals surface area (Å²) in [5.41, 5.74) is 15.3. The van der Waals surface area contributed by atoms with Gasteiger partial charge in [0.25, 0.3) is 0 Å². The van der Waals surface area contributed by atoms with Crippen molar-refractivity contribution in [3.63, 3.8) is 0 Å². The second-order valence-electron chi connectivity index (χ2n) is 22.1. The van der Waals surface area contributed by atoms with Gasteiger partial charge in [-0.05, 0) is 201 Å². The van der Waals surface area contributed by atoms with Crippen molar-refractivity contribution >= 4 is 98.4 Å². The fraction of sp³-hybridized carbons (Fsp3) is 0.219. The summed E-state index contributed by atoms with van der Waals surface area (Å²) in [5, 5.41) is 20.0. The number of hydrogen-bond acceptors (Lipinski definition) is 4. The van der Waals surface area contributed by atoms with Crippen molar-refractivity contribution < 1.29 is 27.0 Å². The van der Waals surface area contributed by atoms with Gasteiger partial charge < -0.3 is 36.9 Å². The molecule has 454 valence electrons. The maximum Gasteiger partial charge on any atom is 0.416 e. The Bertz CT molecular complexity index is 4640. The highest BCUT2D eigenvalue weighted by Gasteiger charge is 2.30. The van der Waals surface area contributed by atoms with E-state index in [4.69, 9.17) is 26.3 Å². The molecule has 0 N–H and O–H groups in total. The average molecular weight is 1220 g/mol. The van der Waals surface area contributed by atoms with Gasteiger partial charge in [-0.3, -0.25) is 0 Å². The number of ether oxygens (including phenoxy) is 2. The molecule has 15 heteroatoms. The lowest BCUT2D eigenvalue weighted by atomic mass is 10.1. The molecule has 0 aliphatic heterocycles. The summed E-state index contributed by atoms with van der Waals surface area (Å²) in [6, 6.07) is 43.4. The number of thiophene rings is 1. The Hall–Kier alpha value is -9.16.